The van der Waals surface area contributed by atoms with E-state index in [1.54, 1.807) is 24.3 Å². The van der Waals surface area contributed by atoms with Crippen molar-refractivity contribution in [2.45, 2.75) is 31.8 Å². The fourth-order valence-corrected chi connectivity index (χ4v) is 3.19. The normalized spacial score (nSPS) is 20.9. The first-order chi connectivity index (χ1) is 11.7. The number of ether oxygens (including phenoxy) is 2. The fraction of sp³-hybridized carbons (Fsp3) is 0.533. The molecule has 1 aromatic rings. The molecule has 2 rings (SSSR count). The summed E-state index contributed by atoms with van der Waals surface area (Å²) >= 11 is 0. The van der Waals surface area contributed by atoms with E-state index in [4.69, 9.17) is 8.92 Å². The van der Waals surface area contributed by atoms with Gasteiger partial charge in [-0.15, -0.1) is 0 Å². The van der Waals surface area contributed by atoms with Crippen LogP contribution in [0.5, 0.6) is 0 Å². The summed E-state index contributed by atoms with van der Waals surface area (Å²) in [5, 5.41) is 0. The minimum Gasteiger partial charge on any atom is -0.445 e. The largest absolute Gasteiger partial charge is 0.445 e. The quantitative estimate of drug-likeness (QED) is 0.674. The Hall–Kier alpha value is -1.78. The topological polar surface area (TPSA) is 82.1 Å². The molecule has 1 saturated heterocycles. The highest BCUT2D eigenvalue weighted by atomic mass is 32.2. The molecule has 0 aromatic heterocycles. The van der Waals surface area contributed by atoms with E-state index >= 15 is 0 Å². The second kappa shape index (κ2) is 8.54. The number of amides is 1. The Labute approximate surface area is 144 Å². The standard InChI is InChI=1S/C15H19F2NO6S/c1-25(20,21)24-13-7-12(10-22-14(16)17)18(8-13)15(19)23-9-11-5-3-2-4-6-11/h2-6,12-14H,7-10H2,1H3/t12-,13+/m0/s1. The smallest absolute Gasteiger partial charge is 0.410 e. The molecular formula is C15H19F2NO6S. The highest BCUT2D eigenvalue weighted by molar-refractivity contribution is 7.86. The third-order valence-corrected chi connectivity index (χ3v) is 4.16. The summed E-state index contributed by atoms with van der Waals surface area (Å²) in [4.78, 5) is 13.4. The summed E-state index contributed by atoms with van der Waals surface area (Å²) in [5.74, 6) is 0. The Bertz CT molecular complexity index is 670. The van der Waals surface area contributed by atoms with Crippen molar-refractivity contribution in [2.24, 2.45) is 0 Å². The minimum absolute atomic E-state index is 0.0101. The Morgan fingerprint density at radius 1 is 1.32 bits per heavy atom. The van der Waals surface area contributed by atoms with E-state index in [1.165, 1.54) is 0 Å². The van der Waals surface area contributed by atoms with E-state index in [-0.39, 0.29) is 19.6 Å². The van der Waals surface area contributed by atoms with Crippen molar-refractivity contribution in [1.82, 2.24) is 4.90 Å². The lowest BCUT2D eigenvalue weighted by Crippen LogP contribution is -2.39. The van der Waals surface area contributed by atoms with Crippen LogP contribution < -0.4 is 0 Å². The van der Waals surface area contributed by atoms with Crippen molar-refractivity contribution < 1.29 is 35.6 Å². The molecule has 0 unspecified atom stereocenters. The van der Waals surface area contributed by atoms with Gasteiger partial charge in [-0.2, -0.15) is 17.2 Å². The average Bonchev–Trinajstić information content (AvgIpc) is 2.92. The van der Waals surface area contributed by atoms with Gasteiger partial charge in [0.15, 0.2) is 0 Å². The first kappa shape index (κ1) is 19.5. The Morgan fingerprint density at radius 2 is 2.00 bits per heavy atom. The van der Waals surface area contributed by atoms with Crippen LogP contribution in [0.2, 0.25) is 0 Å². The molecule has 7 nitrogen and oxygen atoms in total. The SMILES string of the molecule is CS(=O)(=O)O[C@@H]1C[C@@H](COC(F)F)N(C(=O)OCc2ccccc2)C1. The van der Waals surface area contributed by atoms with Gasteiger partial charge in [0.05, 0.1) is 31.6 Å². The van der Waals surface area contributed by atoms with Gasteiger partial charge in [0, 0.05) is 0 Å². The molecule has 0 radical (unpaired) electrons. The predicted octanol–water partition coefficient (Wildman–Crippen LogP) is 1.98. The summed E-state index contributed by atoms with van der Waals surface area (Å²) in [6, 6.07) is 8.16. The lowest BCUT2D eigenvalue weighted by atomic mass is 10.2. The molecule has 1 fully saturated rings. The number of likely N-dealkylation sites (tertiary alicyclic amines) is 1. The van der Waals surface area contributed by atoms with Gasteiger partial charge in [-0.25, -0.2) is 4.79 Å². The Balaban J connectivity index is 1.98. The van der Waals surface area contributed by atoms with Crippen LogP contribution in [0.25, 0.3) is 0 Å². The highest BCUT2D eigenvalue weighted by Gasteiger charge is 2.39. The van der Waals surface area contributed by atoms with E-state index < -0.39 is 41.6 Å². The van der Waals surface area contributed by atoms with Gasteiger partial charge in [0.25, 0.3) is 10.1 Å². The molecule has 0 N–H and O–H groups in total. The molecule has 0 saturated carbocycles. The summed E-state index contributed by atoms with van der Waals surface area (Å²) in [5.41, 5.74) is 0.763. The van der Waals surface area contributed by atoms with Gasteiger partial charge in [0.1, 0.15) is 6.61 Å². The number of nitrogens with zero attached hydrogens (tertiary/aromatic N) is 1. The molecule has 25 heavy (non-hydrogen) atoms. The van der Waals surface area contributed by atoms with Gasteiger partial charge in [0.2, 0.25) is 0 Å². The first-order valence-electron chi connectivity index (χ1n) is 7.50. The van der Waals surface area contributed by atoms with Gasteiger partial charge in [-0.1, -0.05) is 30.3 Å². The number of halogens is 2. The van der Waals surface area contributed by atoms with Crippen LogP contribution >= 0.6 is 0 Å². The number of carbonyl (C=O) groups excluding carboxylic acids is 1. The van der Waals surface area contributed by atoms with Crippen LogP contribution in [0.1, 0.15) is 12.0 Å². The van der Waals surface area contributed by atoms with E-state index in [0.717, 1.165) is 16.7 Å². The van der Waals surface area contributed by atoms with E-state index in [1.807, 2.05) is 6.07 Å². The zero-order valence-electron chi connectivity index (χ0n) is 13.5. The van der Waals surface area contributed by atoms with Gasteiger partial charge >= 0.3 is 12.7 Å². The van der Waals surface area contributed by atoms with Crippen LogP contribution in [-0.4, -0.2) is 57.6 Å². The molecular weight excluding hydrogens is 360 g/mol. The van der Waals surface area contributed by atoms with E-state index in [9.17, 15) is 22.0 Å². The lowest BCUT2D eigenvalue weighted by molar-refractivity contribution is -0.138. The zero-order chi connectivity index (χ0) is 18.4. The van der Waals surface area contributed by atoms with Gasteiger partial charge < -0.3 is 14.4 Å². The molecule has 1 aromatic carbocycles. The number of alkyl halides is 2. The van der Waals surface area contributed by atoms with Crippen molar-refractivity contribution >= 4 is 16.2 Å². The molecule has 140 valence electrons. The van der Waals surface area contributed by atoms with Crippen molar-refractivity contribution in [3.8, 4) is 0 Å². The molecule has 0 aliphatic carbocycles. The zero-order valence-corrected chi connectivity index (χ0v) is 14.3. The van der Waals surface area contributed by atoms with Gasteiger partial charge in [-0.3, -0.25) is 4.18 Å². The molecule has 10 heteroatoms. The molecule has 0 bridgehead atoms. The molecule has 2 atom stereocenters. The third kappa shape index (κ3) is 6.56. The van der Waals surface area contributed by atoms with Crippen molar-refractivity contribution in [2.75, 3.05) is 19.4 Å². The monoisotopic (exact) mass is 379 g/mol. The van der Waals surface area contributed by atoms with E-state index in [0.29, 0.717) is 0 Å². The van der Waals surface area contributed by atoms with Crippen LogP contribution in [0.15, 0.2) is 30.3 Å². The summed E-state index contributed by atoms with van der Waals surface area (Å²) in [6.45, 7) is -3.51. The van der Waals surface area contributed by atoms with Crippen molar-refractivity contribution in [3.05, 3.63) is 35.9 Å². The molecule has 1 aliphatic heterocycles. The number of carbonyl (C=O) groups is 1. The number of hydrogen-bond donors (Lipinski definition) is 0. The van der Waals surface area contributed by atoms with Crippen LogP contribution in [0.3, 0.4) is 0 Å². The second-order valence-electron chi connectivity index (χ2n) is 5.60. The second-order valence-corrected chi connectivity index (χ2v) is 7.20. The maximum absolute atomic E-state index is 12.3. The van der Waals surface area contributed by atoms with E-state index in [2.05, 4.69) is 4.74 Å². The number of rotatable bonds is 7. The van der Waals surface area contributed by atoms with Crippen molar-refractivity contribution in [1.29, 1.82) is 0 Å². The molecule has 1 amide bonds. The molecule has 1 aliphatic rings. The van der Waals surface area contributed by atoms with Crippen LogP contribution in [0, 0.1) is 0 Å². The minimum atomic E-state index is -3.73. The van der Waals surface area contributed by atoms with Crippen LogP contribution in [0.4, 0.5) is 13.6 Å². The third-order valence-electron chi connectivity index (χ3n) is 3.54. The summed E-state index contributed by atoms with van der Waals surface area (Å²) in [7, 11) is -3.73. The summed E-state index contributed by atoms with van der Waals surface area (Å²) in [6.07, 6.45) is -0.634. The summed E-state index contributed by atoms with van der Waals surface area (Å²) < 4.78 is 61.3. The fourth-order valence-electron chi connectivity index (χ4n) is 2.56. The average molecular weight is 379 g/mol. The maximum atomic E-state index is 12.3. The molecule has 0 spiro atoms. The van der Waals surface area contributed by atoms with Crippen LogP contribution in [-0.2, 0) is 30.4 Å². The van der Waals surface area contributed by atoms with Crippen molar-refractivity contribution in [3.63, 3.8) is 0 Å². The highest BCUT2D eigenvalue weighted by Crippen LogP contribution is 2.24. The predicted molar refractivity (Wildman–Crippen MR) is 83.4 cm³/mol. The Morgan fingerprint density at radius 3 is 2.60 bits per heavy atom. The Kier molecular flexibility index (Phi) is 6.68. The van der Waals surface area contributed by atoms with Gasteiger partial charge in [-0.05, 0) is 12.0 Å². The molecule has 1 heterocycles. The first-order valence-corrected chi connectivity index (χ1v) is 9.31. The maximum Gasteiger partial charge on any atom is 0.410 e. The number of benzene rings is 1. The number of hydrogen-bond acceptors (Lipinski definition) is 6. The lowest BCUT2D eigenvalue weighted by Gasteiger charge is -2.23.